The second kappa shape index (κ2) is 66.8. The van der Waals surface area contributed by atoms with Crippen LogP contribution >= 0.6 is 0 Å². The Morgan fingerprint density at radius 1 is 0.232 bits per heavy atom. The molecule has 799 valence electrons. The van der Waals surface area contributed by atoms with Crippen LogP contribution in [0.2, 0.25) is 0 Å². The van der Waals surface area contributed by atoms with Crippen molar-refractivity contribution in [2.75, 3.05) is 264 Å². The Kier molecular flexibility index (Phi) is 64.5. The first-order valence-electron chi connectivity index (χ1n) is 46.8. The van der Waals surface area contributed by atoms with E-state index in [2.05, 4.69) is 6.58 Å². The zero-order valence-corrected chi connectivity index (χ0v) is 92.9. The maximum atomic E-state index is 10.8. The van der Waals surface area contributed by atoms with Gasteiger partial charge in [-0.15, -0.1) is 0 Å². The molecule has 0 saturated carbocycles. The second-order valence-corrected chi connectivity index (χ2v) is 39.1. The molecule has 0 aromatic heterocycles. The normalized spacial score (nSPS) is 28.3. The Labute approximate surface area is 890 Å². The fourth-order valence-corrected chi connectivity index (χ4v) is 14.3. The van der Waals surface area contributed by atoms with Gasteiger partial charge in [0, 0.05) is 8.41 Å². The van der Waals surface area contributed by atoms with E-state index in [-0.39, 0.29) is 267 Å². The van der Waals surface area contributed by atoms with Crippen LogP contribution in [0.25, 0.3) is 0 Å². The standard InChI is InChI=1S/C34H60O14.C33H60O15.C15H28O7.C9H20O7.B.3Na.3H/c1-24(10-39-25(12-35-16-27-20-41-31(2,3)45-27)13-36-17-28-21-42-32(4,5)46-28)11-40-26(14-37-18-29-22-43-33(6,7)47-29)15-38-19-30-23-44-34(8,9)48-30;1-30(2)41-19-26(45-30)15-35-11-24(12-36-16-27-20-42-31(3,4)46-27)39-9-23(34)10-40-25(13-37-17-28-21-43-32(5,6)47-28)14-38-18-29-22-44-33(7,8)48-29;1-14(2)19-9-12(21-14)7-17-5-11(16)6-18-8-13-10-20-15(3,4)22-13;10-1-7(12)3-15-5-9(14)6-16-4-8(13)2-11;;;;;;;/h25-30H,1,10-23H2,2-9H3;23-29,34H,9-22H2,1-8H3;11-13,16H,5-10H2,1-4H3;7-14H,1-6H2;;;;;;;/q;;;;;3*+1;3*-1. The van der Waals surface area contributed by atoms with Crippen LogP contribution in [-0.2, 0) is 171 Å². The molecule has 0 aromatic rings. The zero-order valence-electron chi connectivity index (χ0n) is 89.9. The van der Waals surface area contributed by atoms with Gasteiger partial charge in [0.05, 0.1) is 264 Å². The van der Waals surface area contributed by atoms with Gasteiger partial charge in [-0.2, -0.15) is 0 Å². The van der Waals surface area contributed by atoms with Crippen molar-refractivity contribution in [1.29, 1.82) is 0 Å². The molecular weight excluding hydrogens is 1860 g/mol. The molecule has 10 aliphatic heterocycles. The van der Waals surface area contributed by atoms with Crippen molar-refractivity contribution in [3.8, 4) is 0 Å². The predicted molar refractivity (Wildman–Crippen MR) is 480 cm³/mol. The van der Waals surface area contributed by atoms with E-state index in [9.17, 15) is 15.3 Å². The first-order valence-corrected chi connectivity index (χ1v) is 46.8. The van der Waals surface area contributed by atoms with Gasteiger partial charge in [0.2, 0.25) is 0 Å². The van der Waals surface area contributed by atoms with E-state index in [0.717, 1.165) is 5.57 Å². The number of aliphatic hydroxyl groups is 7. The molecule has 0 bridgehead atoms. The van der Waals surface area contributed by atoms with Crippen LogP contribution in [0, 0.1) is 0 Å². The van der Waals surface area contributed by atoms with Crippen molar-refractivity contribution >= 4 is 8.41 Å². The minimum Gasteiger partial charge on any atom is -1.00 e. The molecular formula is C91H171BNa3O43. The van der Waals surface area contributed by atoms with E-state index in [1.807, 2.05) is 138 Å². The molecule has 7 N–H and O–H groups in total. The molecule has 138 heavy (non-hydrogen) atoms. The van der Waals surface area contributed by atoms with Crippen molar-refractivity contribution in [2.24, 2.45) is 0 Å². The fraction of sp³-hybridized carbons (Fsp3) is 0.978. The van der Waals surface area contributed by atoms with E-state index < -0.39 is 114 Å². The Morgan fingerprint density at radius 2 is 0.370 bits per heavy atom. The monoisotopic (exact) mass is 2030 g/mol. The van der Waals surface area contributed by atoms with E-state index in [0.29, 0.717) is 159 Å². The molecule has 10 fully saturated rings. The summed E-state index contributed by atoms with van der Waals surface area (Å²) in [4.78, 5) is 0. The maximum Gasteiger partial charge on any atom is 1.00 e. The topological polar surface area (TPSA) is 474 Å². The Balaban J connectivity index is 0.00000197. The van der Waals surface area contributed by atoms with Crippen molar-refractivity contribution < 1.29 is 299 Å². The van der Waals surface area contributed by atoms with Crippen molar-refractivity contribution in [3.05, 3.63) is 12.2 Å². The summed E-state index contributed by atoms with van der Waals surface area (Å²) in [6.45, 7) is 52.2. The quantitative estimate of drug-likeness (QED) is 0.0220. The molecule has 0 spiro atoms. The predicted octanol–water partition coefficient (Wildman–Crippen LogP) is -6.49. The molecule has 10 saturated heterocycles. The third-order valence-electron chi connectivity index (χ3n) is 20.5. The van der Waals surface area contributed by atoms with Gasteiger partial charge in [0.1, 0.15) is 116 Å². The molecule has 0 aromatic carbocycles. The van der Waals surface area contributed by atoms with Crippen LogP contribution in [0.3, 0.4) is 0 Å². The molecule has 10 heterocycles. The minimum atomic E-state index is -0.954. The van der Waals surface area contributed by atoms with Gasteiger partial charge in [-0.1, -0.05) is 6.58 Å². The molecule has 47 heteroatoms. The Hall–Kier alpha value is 1.08. The largest absolute Gasteiger partial charge is 1.00 e. The van der Waals surface area contributed by atoms with Gasteiger partial charge >= 0.3 is 88.7 Å². The summed E-state index contributed by atoms with van der Waals surface area (Å²) < 4.78 is 206. The summed E-state index contributed by atoms with van der Waals surface area (Å²) in [5, 5.41) is 64.6. The van der Waals surface area contributed by atoms with Crippen LogP contribution in [-0.4, -0.2) is 482 Å². The molecule has 12 atom stereocenters. The molecule has 0 aliphatic carbocycles. The van der Waals surface area contributed by atoms with E-state index in [1.165, 1.54) is 0 Å². The molecule has 3 radical (unpaired) electrons. The number of hydrogen-bond donors (Lipinski definition) is 7. The average Bonchev–Trinajstić information content (AvgIpc) is 1.76. The van der Waals surface area contributed by atoms with Crippen molar-refractivity contribution in [3.63, 3.8) is 0 Å². The van der Waals surface area contributed by atoms with Gasteiger partial charge < -0.3 is 211 Å². The van der Waals surface area contributed by atoms with Gasteiger partial charge in [0.25, 0.3) is 0 Å². The van der Waals surface area contributed by atoms with Crippen molar-refractivity contribution in [1.82, 2.24) is 0 Å². The molecule has 10 aliphatic rings. The first-order chi connectivity index (χ1) is 63.0. The fourth-order valence-electron chi connectivity index (χ4n) is 14.3. The summed E-state index contributed by atoms with van der Waals surface area (Å²) in [5.74, 6) is -6.06. The van der Waals surface area contributed by atoms with Crippen LogP contribution in [0.4, 0.5) is 0 Å². The summed E-state index contributed by atoms with van der Waals surface area (Å²) in [6, 6.07) is 0. The van der Waals surface area contributed by atoms with Gasteiger partial charge in [-0.05, 0) is 144 Å². The van der Waals surface area contributed by atoms with Crippen molar-refractivity contribution in [2.45, 2.75) is 312 Å². The van der Waals surface area contributed by atoms with Crippen LogP contribution < -0.4 is 88.7 Å². The third kappa shape index (κ3) is 59.2. The second-order valence-electron chi connectivity index (χ2n) is 39.1. The van der Waals surface area contributed by atoms with Gasteiger partial charge in [0.15, 0.2) is 57.9 Å². The summed E-state index contributed by atoms with van der Waals surface area (Å²) in [6.07, 6.45) is -7.45. The average molecular weight is 2030 g/mol. The molecule has 10 rings (SSSR count). The SMILES string of the molecule is C=C(COC(COCC1COC(C)(C)O1)COCC1COC(C)(C)O1)COC(COCC1COC(C)(C)O1)COCC1COC(C)(C)O1.CC1(C)OCC(COCC(COCC2COC(C)(C)O2)OCC(O)COC(COCC2COC(C)(C)O2)COCC2COC(C)(C)O2)O1.CC1(C)OCC(COCC(O)COCC2COC(C)(C)O2)O1.OCC(O)COCC(O)COCC(O)CO.[B].[H-].[H-].[H-].[Na+].[Na+].[Na+]. The number of ether oxygens (including phenoxy) is 36. The minimum absolute atomic E-state index is 0. The molecule has 0 amide bonds. The van der Waals surface area contributed by atoms with E-state index >= 15 is 0 Å². The maximum absolute atomic E-state index is 10.8. The first kappa shape index (κ1) is 133. The molecule has 12 unspecified atom stereocenters. The van der Waals surface area contributed by atoms with E-state index in [1.54, 1.807) is 0 Å². The van der Waals surface area contributed by atoms with Crippen LogP contribution in [0.15, 0.2) is 12.2 Å². The van der Waals surface area contributed by atoms with Crippen LogP contribution in [0.1, 0.15) is 143 Å². The summed E-state index contributed by atoms with van der Waals surface area (Å²) in [7, 11) is 0. The molecule has 43 nitrogen and oxygen atoms in total. The Morgan fingerprint density at radius 3 is 0.522 bits per heavy atom. The summed E-state index contributed by atoms with van der Waals surface area (Å²) >= 11 is 0. The van der Waals surface area contributed by atoms with Gasteiger partial charge in [-0.3, -0.25) is 0 Å². The Bertz CT molecular complexity index is 2850. The third-order valence-corrected chi connectivity index (χ3v) is 20.5. The van der Waals surface area contributed by atoms with E-state index in [4.69, 9.17) is 191 Å². The number of aliphatic hydroxyl groups excluding tert-OH is 7. The van der Waals surface area contributed by atoms with Gasteiger partial charge in [-0.25, -0.2) is 0 Å². The summed E-state index contributed by atoms with van der Waals surface area (Å²) in [5.41, 5.74) is 0.747. The number of rotatable bonds is 62. The smallest absolute Gasteiger partial charge is 1.00 e. The number of hydrogen-bond acceptors (Lipinski definition) is 43. The zero-order chi connectivity index (χ0) is 98.3. The van der Waals surface area contributed by atoms with Crippen LogP contribution in [0.5, 0.6) is 0 Å².